The van der Waals surface area contributed by atoms with Crippen LogP contribution in [-0.4, -0.2) is 54.0 Å². The van der Waals surface area contributed by atoms with E-state index in [0.717, 1.165) is 30.9 Å². The first-order chi connectivity index (χ1) is 16.2. The maximum Gasteiger partial charge on any atom is 0.449 e. The number of anilines is 2. The molecule has 0 spiro atoms. The highest BCUT2D eigenvalue weighted by atomic mass is 19.4. The lowest BCUT2D eigenvalue weighted by molar-refractivity contribution is -0.144. The number of nitrogens with zero attached hydrogens (tertiary/aromatic N) is 3. The number of carbonyl (C=O) groups is 1. The number of H-pyrrole nitrogens is 1. The number of aromatic nitrogens is 2. The summed E-state index contributed by atoms with van der Waals surface area (Å²) in [7, 11) is 1.87. The molecule has 34 heavy (non-hydrogen) atoms. The molecule has 2 aliphatic rings. The van der Waals surface area contributed by atoms with Crippen LogP contribution in [0.25, 0.3) is 11.3 Å². The van der Waals surface area contributed by atoms with Gasteiger partial charge < -0.3 is 20.1 Å². The van der Waals surface area contributed by atoms with Crippen LogP contribution in [0.1, 0.15) is 39.8 Å². The van der Waals surface area contributed by atoms with Crippen LogP contribution >= 0.6 is 0 Å². The highest BCUT2D eigenvalue weighted by molar-refractivity contribution is 5.97. The molecule has 3 heterocycles. The number of hydrogen-bond donors (Lipinski definition) is 2. The van der Waals surface area contributed by atoms with Gasteiger partial charge in [0.1, 0.15) is 0 Å². The Morgan fingerprint density at radius 1 is 1.12 bits per heavy atom. The highest BCUT2D eigenvalue weighted by Gasteiger charge is 2.36. The van der Waals surface area contributed by atoms with Gasteiger partial charge >= 0.3 is 6.18 Å². The molecule has 2 aliphatic heterocycles. The van der Waals surface area contributed by atoms with Gasteiger partial charge in [0.15, 0.2) is 0 Å². The third kappa shape index (κ3) is 3.99. The summed E-state index contributed by atoms with van der Waals surface area (Å²) in [5.41, 5.74) is 4.59. The summed E-state index contributed by atoms with van der Waals surface area (Å²) in [6.07, 6.45) is -3.54. The maximum atomic E-state index is 13.3. The van der Waals surface area contributed by atoms with Crippen molar-refractivity contribution in [1.29, 1.82) is 0 Å². The minimum Gasteiger partial charge on any atom is -0.388 e. The standard InChI is InChI=1S/C25H26F3N5O/c1-15-22(31-24(30-15)25(26,27)28)20-12-17(6-9-21(20)32-10-3-11-32)23(34)33-13-18(14-33)16-4-7-19(29-2)8-5-16/h4-9,12,18,29H,3,10-11,13-14H2,1-2H3,(H,30,31). The van der Waals surface area contributed by atoms with E-state index in [1.807, 2.05) is 25.2 Å². The molecule has 3 aromatic rings. The quantitative estimate of drug-likeness (QED) is 0.558. The summed E-state index contributed by atoms with van der Waals surface area (Å²) in [6, 6.07) is 13.4. The first-order valence-corrected chi connectivity index (χ1v) is 11.3. The molecular formula is C25H26F3N5O. The van der Waals surface area contributed by atoms with Crippen LogP contribution in [0.2, 0.25) is 0 Å². The number of halogens is 3. The van der Waals surface area contributed by atoms with Gasteiger partial charge in [0.05, 0.1) is 5.69 Å². The molecule has 2 fully saturated rings. The Hall–Kier alpha value is -3.49. The summed E-state index contributed by atoms with van der Waals surface area (Å²) < 4.78 is 39.8. The largest absolute Gasteiger partial charge is 0.449 e. The first-order valence-electron chi connectivity index (χ1n) is 11.3. The van der Waals surface area contributed by atoms with Crippen molar-refractivity contribution < 1.29 is 18.0 Å². The molecule has 0 atom stereocenters. The second-order valence-electron chi connectivity index (χ2n) is 8.91. The van der Waals surface area contributed by atoms with Crippen LogP contribution in [0, 0.1) is 6.92 Å². The van der Waals surface area contributed by atoms with E-state index in [9.17, 15) is 18.0 Å². The Bertz CT molecular complexity index is 1210. The normalized spacial score (nSPS) is 16.3. The van der Waals surface area contributed by atoms with E-state index in [2.05, 4.69) is 32.3 Å². The van der Waals surface area contributed by atoms with Crippen molar-refractivity contribution in [3.8, 4) is 11.3 Å². The second-order valence-corrected chi connectivity index (χ2v) is 8.91. The second kappa shape index (κ2) is 8.38. The van der Waals surface area contributed by atoms with Gasteiger partial charge in [-0.2, -0.15) is 13.2 Å². The molecule has 9 heteroatoms. The molecule has 6 nitrogen and oxygen atoms in total. The lowest BCUT2D eigenvalue weighted by Gasteiger charge is -2.40. The Morgan fingerprint density at radius 3 is 2.38 bits per heavy atom. The number of alkyl halides is 3. The van der Waals surface area contributed by atoms with Gasteiger partial charge in [-0.1, -0.05) is 12.1 Å². The Morgan fingerprint density at radius 2 is 1.82 bits per heavy atom. The van der Waals surface area contributed by atoms with Crippen LogP contribution < -0.4 is 10.2 Å². The van der Waals surface area contributed by atoms with Crippen LogP contribution in [0.5, 0.6) is 0 Å². The van der Waals surface area contributed by atoms with Gasteiger partial charge in [-0.15, -0.1) is 0 Å². The average molecular weight is 470 g/mol. The smallest absolute Gasteiger partial charge is 0.388 e. The lowest BCUT2D eigenvalue weighted by Crippen LogP contribution is -2.48. The van der Waals surface area contributed by atoms with E-state index in [-0.39, 0.29) is 17.5 Å². The monoisotopic (exact) mass is 469 g/mol. The third-order valence-corrected chi connectivity index (χ3v) is 6.69. The summed E-state index contributed by atoms with van der Waals surface area (Å²) in [5.74, 6) is -0.873. The van der Waals surface area contributed by atoms with Gasteiger partial charge in [0.2, 0.25) is 5.82 Å². The zero-order valence-electron chi connectivity index (χ0n) is 19.0. The van der Waals surface area contributed by atoms with Crippen molar-refractivity contribution in [2.75, 3.05) is 43.4 Å². The van der Waals surface area contributed by atoms with Crippen molar-refractivity contribution in [2.24, 2.45) is 0 Å². The molecule has 2 N–H and O–H groups in total. The Balaban J connectivity index is 1.40. The minimum absolute atomic E-state index is 0.122. The van der Waals surface area contributed by atoms with Gasteiger partial charge in [0.25, 0.3) is 5.91 Å². The fourth-order valence-corrected chi connectivity index (χ4v) is 4.51. The molecule has 0 bridgehead atoms. The van der Waals surface area contributed by atoms with E-state index >= 15 is 0 Å². The Labute approximate surface area is 195 Å². The van der Waals surface area contributed by atoms with Crippen LogP contribution in [0.15, 0.2) is 42.5 Å². The van der Waals surface area contributed by atoms with Crippen molar-refractivity contribution >= 4 is 17.3 Å². The number of aryl methyl sites for hydroxylation is 1. The molecule has 5 rings (SSSR count). The third-order valence-electron chi connectivity index (χ3n) is 6.69. The number of amides is 1. The van der Waals surface area contributed by atoms with Gasteiger partial charge in [-0.05, 0) is 49.2 Å². The number of carbonyl (C=O) groups excluding carboxylic acids is 1. The van der Waals surface area contributed by atoms with Crippen molar-refractivity contribution in [2.45, 2.75) is 25.4 Å². The van der Waals surface area contributed by atoms with Gasteiger partial charge in [-0.3, -0.25) is 4.79 Å². The van der Waals surface area contributed by atoms with Crippen LogP contribution in [-0.2, 0) is 6.18 Å². The van der Waals surface area contributed by atoms with E-state index in [4.69, 9.17) is 0 Å². The van der Waals surface area contributed by atoms with Gasteiger partial charge in [-0.25, -0.2) is 4.98 Å². The molecule has 1 aromatic heterocycles. The van der Waals surface area contributed by atoms with Gasteiger partial charge in [0, 0.05) is 67.3 Å². The fraction of sp³-hybridized carbons (Fsp3) is 0.360. The zero-order chi connectivity index (χ0) is 24.0. The number of likely N-dealkylation sites (tertiary alicyclic amines) is 1. The molecule has 1 amide bonds. The van der Waals surface area contributed by atoms with Crippen LogP contribution in [0.4, 0.5) is 24.5 Å². The first kappa shape index (κ1) is 22.3. The molecule has 2 aromatic carbocycles. The maximum absolute atomic E-state index is 13.3. The number of imidazole rings is 1. The molecular weight excluding hydrogens is 443 g/mol. The SMILES string of the molecule is CNc1ccc(C2CN(C(=O)c3ccc(N4CCC4)c(-c4nc(C(F)(F)F)[nH]c4C)c3)C2)cc1. The predicted octanol–water partition coefficient (Wildman–Crippen LogP) is 4.90. The van der Waals surface area contributed by atoms with Crippen molar-refractivity contribution in [3.05, 3.63) is 65.1 Å². The molecule has 0 unspecified atom stereocenters. The fourth-order valence-electron chi connectivity index (χ4n) is 4.51. The number of aromatic amines is 1. The number of rotatable bonds is 5. The summed E-state index contributed by atoms with van der Waals surface area (Å²) in [5, 5.41) is 3.09. The number of hydrogen-bond acceptors (Lipinski definition) is 4. The average Bonchev–Trinajstić information content (AvgIpc) is 3.14. The molecule has 0 radical (unpaired) electrons. The number of benzene rings is 2. The van der Waals surface area contributed by atoms with E-state index in [1.165, 1.54) is 5.56 Å². The predicted molar refractivity (Wildman–Crippen MR) is 125 cm³/mol. The summed E-state index contributed by atoms with van der Waals surface area (Å²) >= 11 is 0. The highest BCUT2D eigenvalue weighted by Crippen LogP contribution is 2.38. The van der Waals surface area contributed by atoms with Crippen LogP contribution in [0.3, 0.4) is 0 Å². The molecule has 178 valence electrons. The Kier molecular flexibility index (Phi) is 5.50. The minimum atomic E-state index is -4.56. The lowest BCUT2D eigenvalue weighted by atomic mass is 9.90. The number of nitrogens with one attached hydrogen (secondary N) is 2. The zero-order valence-corrected chi connectivity index (χ0v) is 19.0. The van der Waals surface area contributed by atoms with E-state index in [1.54, 1.807) is 24.0 Å². The van der Waals surface area contributed by atoms with E-state index in [0.29, 0.717) is 29.9 Å². The summed E-state index contributed by atoms with van der Waals surface area (Å²) in [4.78, 5) is 23.3. The topological polar surface area (TPSA) is 64.3 Å². The van der Waals surface area contributed by atoms with E-state index < -0.39 is 12.0 Å². The van der Waals surface area contributed by atoms with Crippen molar-refractivity contribution in [3.63, 3.8) is 0 Å². The molecule has 0 aliphatic carbocycles. The molecule has 2 saturated heterocycles. The summed E-state index contributed by atoms with van der Waals surface area (Å²) in [6.45, 7) is 4.46. The molecule has 0 saturated carbocycles. The van der Waals surface area contributed by atoms with Crippen molar-refractivity contribution in [1.82, 2.24) is 14.9 Å².